The Balaban J connectivity index is 1.66. The first-order valence-corrected chi connectivity index (χ1v) is 11.1. The van der Waals surface area contributed by atoms with Crippen molar-refractivity contribution in [3.63, 3.8) is 0 Å². The Hall–Kier alpha value is -2.57. The van der Waals surface area contributed by atoms with E-state index in [2.05, 4.69) is 26.6 Å². The van der Waals surface area contributed by atoms with Crippen LogP contribution in [0.1, 0.15) is 47.9 Å². The summed E-state index contributed by atoms with van der Waals surface area (Å²) in [5, 5.41) is 10.5. The van der Waals surface area contributed by atoms with Gasteiger partial charge in [-0.1, -0.05) is 23.7 Å². The molecule has 2 aromatic rings. The monoisotopic (exact) mass is 504 g/mol. The summed E-state index contributed by atoms with van der Waals surface area (Å²) in [5.41, 5.74) is 5.31. The highest BCUT2D eigenvalue weighted by Gasteiger charge is 2.46. The molecule has 2 heterocycles. The fourth-order valence-electron chi connectivity index (χ4n) is 3.34. The van der Waals surface area contributed by atoms with Gasteiger partial charge in [0.1, 0.15) is 5.82 Å². The molecule has 0 aliphatic carbocycles. The molecule has 1 amide bonds. The van der Waals surface area contributed by atoms with E-state index in [0.29, 0.717) is 30.3 Å². The lowest BCUT2D eigenvalue weighted by Gasteiger charge is -2.33. The molecule has 0 bridgehead atoms. The number of nitrogens with zero attached hydrogens (tertiary/aromatic N) is 2. The first kappa shape index (κ1) is 25.1. The molecule has 0 spiro atoms. The molecule has 1 aromatic heterocycles. The normalized spacial score (nSPS) is 17.6. The van der Waals surface area contributed by atoms with E-state index in [4.69, 9.17) is 28.6 Å². The summed E-state index contributed by atoms with van der Waals surface area (Å²) >= 11 is 10.9. The van der Waals surface area contributed by atoms with Crippen LogP contribution in [-0.2, 0) is 4.74 Å². The zero-order valence-corrected chi connectivity index (χ0v) is 19.3. The second-order valence-corrected chi connectivity index (χ2v) is 8.13. The van der Waals surface area contributed by atoms with Gasteiger partial charge in [0.25, 0.3) is 5.91 Å². The molecular weight excluding hydrogens is 481 g/mol. The van der Waals surface area contributed by atoms with E-state index in [1.165, 1.54) is 6.07 Å². The maximum Gasteiger partial charge on any atom is 0.410 e. The Morgan fingerprint density at radius 1 is 1.33 bits per heavy atom. The van der Waals surface area contributed by atoms with Crippen molar-refractivity contribution in [3.8, 4) is 0 Å². The molecule has 1 aromatic carbocycles. The second-order valence-electron chi connectivity index (χ2n) is 7.29. The summed E-state index contributed by atoms with van der Waals surface area (Å²) in [6.45, 7) is 3.62. The SMILES string of the molecule is CCOCCCNC(=S)NNC(=O)c1cc2n(n1)[C@@H](C(F)(F)F)C[C@@H](c1ccc(Cl)cc1)N2. The standard InChI is InChI=1S/C20H24ClF3N6O2S/c1-2-32-9-3-8-25-19(33)28-27-18(31)15-11-17-26-14(12-4-6-13(21)7-5-12)10-16(20(22,23)24)30(17)29-15/h4-7,11,14,16,26H,2-3,8-10H2,1H3,(H,27,31)(H2,25,28,33)/t14-,16+/m0/s1. The molecule has 8 nitrogen and oxygen atoms in total. The van der Waals surface area contributed by atoms with Crippen LogP contribution in [-0.4, -0.2) is 46.7 Å². The number of aromatic nitrogens is 2. The van der Waals surface area contributed by atoms with Crippen molar-refractivity contribution in [2.45, 2.75) is 38.0 Å². The van der Waals surface area contributed by atoms with E-state index in [9.17, 15) is 18.0 Å². The van der Waals surface area contributed by atoms with Crippen LogP contribution in [0, 0.1) is 0 Å². The van der Waals surface area contributed by atoms with Crippen molar-refractivity contribution in [2.75, 3.05) is 25.1 Å². The number of ether oxygens (including phenoxy) is 1. The van der Waals surface area contributed by atoms with E-state index >= 15 is 0 Å². The summed E-state index contributed by atoms with van der Waals surface area (Å²) < 4.78 is 47.3. The van der Waals surface area contributed by atoms with Crippen LogP contribution in [0.4, 0.5) is 19.0 Å². The lowest BCUT2D eigenvalue weighted by atomic mass is 9.97. The van der Waals surface area contributed by atoms with Crippen molar-refractivity contribution < 1.29 is 22.7 Å². The maximum atomic E-state index is 13.8. The quantitative estimate of drug-likeness (QED) is 0.259. The van der Waals surface area contributed by atoms with Gasteiger partial charge < -0.3 is 15.4 Å². The van der Waals surface area contributed by atoms with Gasteiger partial charge in [-0.25, -0.2) is 4.68 Å². The van der Waals surface area contributed by atoms with E-state index in [1.54, 1.807) is 24.3 Å². The predicted octanol–water partition coefficient (Wildman–Crippen LogP) is 3.73. The number of amides is 1. The third-order valence-corrected chi connectivity index (χ3v) is 5.44. The Morgan fingerprint density at radius 2 is 2.06 bits per heavy atom. The van der Waals surface area contributed by atoms with Gasteiger partial charge in [0.2, 0.25) is 0 Å². The van der Waals surface area contributed by atoms with Crippen LogP contribution in [0.15, 0.2) is 30.3 Å². The first-order valence-electron chi connectivity index (χ1n) is 10.3. The molecule has 2 atom stereocenters. The van der Waals surface area contributed by atoms with Crippen molar-refractivity contribution in [2.24, 2.45) is 0 Å². The lowest BCUT2D eigenvalue weighted by molar-refractivity contribution is -0.173. The van der Waals surface area contributed by atoms with Crippen molar-refractivity contribution in [3.05, 3.63) is 46.6 Å². The molecular formula is C20H24ClF3N6O2S. The molecule has 3 rings (SSSR count). The number of rotatable bonds is 7. The Bertz CT molecular complexity index is 970. The van der Waals surface area contributed by atoms with Crippen LogP contribution < -0.4 is 21.5 Å². The lowest BCUT2D eigenvalue weighted by Crippen LogP contribution is -2.47. The smallest absolute Gasteiger partial charge is 0.382 e. The molecule has 4 N–H and O–H groups in total. The number of anilines is 1. The molecule has 33 heavy (non-hydrogen) atoms. The highest BCUT2D eigenvalue weighted by molar-refractivity contribution is 7.80. The molecule has 1 aliphatic rings. The average molecular weight is 505 g/mol. The van der Waals surface area contributed by atoms with Gasteiger partial charge >= 0.3 is 6.18 Å². The largest absolute Gasteiger partial charge is 0.410 e. The molecule has 1 aliphatic heterocycles. The Labute approximate surface area is 199 Å². The number of alkyl halides is 3. The Kier molecular flexibility index (Phi) is 8.38. The average Bonchev–Trinajstić information content (AvgIpc) is 3.20. The van der Waals surface area contributed by atoms with Gasteiger partial charge in [-0.05, 0) is 43.3 Å². The minimum atomic E-state index is -4.55. The maximum absolute atomic E-state index is 13.8. The number of fused-ring (bicyclic) bond motifs is 1. The molecule has 0 unspecified atom stereocenters. The third-order valence-electron chi connectivity index (χ3n) is 4.94. The van der Waals surface area contributed by atoms with Crippen LogP contribution >= 0.6 is 23.8 Å². The topological polar surface area (TPSA) is 92.2 Å². The third kappa shape index (κ3) is 6.71. The number of nitrogens with one attached hydrogen (secondary N) is 4. The van der Waals surface area contributed by atoms with Gasteiger partial charge in [0.15, 0.2) is 16.8 Å². The Morgan fingerprint density at radius 3 is 2.73 bits per heavy atom. The number of halogens is 4. The number of hydrogen-bond donors (Lipinski definition) is 4. The van der Waals surface area contributed by atoms with Gasteiger partial charge in [-0.15, -0.1) is 0 Å². The molecule has 180 valence electrons. The number of hydrazine groups is 1. The zero-order chi connectivity index (χ0) is 24.0. The number of hydrogen-bond acceptors (Lipinski definition) is 5. The van der Waals surface area contributed by atoms with Gasteiger partial charge in [0, 0.05) is 37.3 Å². The van der Waals surface area contributed by atoms with E-state index < -0.39 is 24.2 Å². The highest BCUT2D eigenvalue weighted by atomic mass is 35.5. The number of carbonyl (C=O) groups excluding carboxylic acids is 1. The summed E-state index contributed by atoms with van der Waals surface area (Å²) in [4.78, 5) is 12.4. The number of thiocarbonyl (C=S) groups is 1. The van der Waals surface area contributed by atoms with Crippen LogP contribution in [0.3, 0.4) is 0 Å². The summed E-state index contributed by atoms with van der Waals surface area (Å²) in [6, 6.07) is 5.32. The van der Waals surface area contributed by atoms with Crippen molar-refractivity contribution >= 4 is 40.7 Å². The van der Waals surface area contributed by atoms with Gasteiger partial charge in [-0.3, -0.25) is 15.6 Å². The fraction of sp³-hybridized carbons (Fsp3) is 0.450. The summed E-state index contributed by atoms with van der Waals surface area (Å²) in [5.74, 6) is -0.633. The van der Waals surface area contributed by atoms with Crippen LogP contribution in [0.2, 0.25) is 5.02 Å². The van der Waals surface area contributed by atoms with Crippen molar-refractivity contribution in [1.82, 2.24) is 25.9 Å². The number of carbonyl (C=O) groups is 1. The molecule has 13 heteroatoms. The predicted molar refractivity (Wildman–Crippen MR) is 122 cm³/mol. The fourth-order valence-corrected chi connectivity index (χ4v) is 3.62. The zero-order valence-electron chi connectivity index (χ0n) is 17.7. The van der Waals surface area contributed by atoms with Gasteiger partial charge in [0.05, 0.1) is 6.04 Å². The molecule has 0 fully saturated rings. The van der Waals surface area contributed by atoms with E-state index in [1.807, 2.05) is 6.92 Å². The minimum Gasteiger partial charge on any atom is -0.382 e. The molecule has 0 saturated carbocycles. The van der Waals surface area contributed by atoms with Crippen LogP contribution in [0.25, 0.3) is 0 Å². The summed E-state index contributed by atoms with van der Waals surface area (Å²) in [6.07, 6.45) is -4.11. The van der Waals surface area contributed by atoms with Crippen molar-refractivity contribution in [1.29, 1.82) is 0 Å². The number of benzene rings is 1. The van der Waals surface area contributed by atoms with Crippen LogP contribution in [0.5, 0.6) is 0 Å². The first-order chi connectivity index (χ1) is 15.7. The van der Waals surface area contributed by atoms with E-state index in [-0.39, 0.29) is 23.0 Å². The molecule has 0 radical (unpaired) electrons. The van der Waals surface area contributed by atoms with Gasteiger partial charge in [-0.2, -0.15) is 18.3 Å². The minimum absolute atomic E-state index is 0.0882. The summed E-state index contributed by atoms with van der Waals surface area (Å²) in [7, 11) is 0. The highest BCUT2D eigenvalue weighted by Crippen LogP contribution is 2.43. The van der Waals surface area contributed by atoms with E-state index in [0.717, 1.165) is 11.1 Å². The second kappa shape index (κ2) is 11.0. The molecule has 0 saturated heterocycles.